The van der Waals surface area contributed by atoms with Crippen molar-refractivity contribution in [1.29, 1.82) is 0 Å². The Hall–Kier alpha value is -4.60. The highest BCUT2D eigenvalue weighted by atomic mass is 16.7. The minimum atomic E-state index is -1.49. The first-order valence-electron chi connectivity index (χ1n) is 13.4. The van der Waals surface area contributed by atoms with E-state index in [2.05, 4.69) is 0 Å². The number of rotatable bonds is 8. The van der Waals surface area contributed by atoms with Gasteiger partial charge in [-0.15, -0.1) is 0 Å². The number of hydrogen-bond acceptors (Lipinski definition) is 7. The number of amides is 3. The molecule has 1 unspecified atom stereocenters. The Bertz CT molecular complexity index is 1480. The smallest absolute Gasteiger partial charge is 0.334 e. The molecule has 0 radical (unpaired) electrons. The Labute approximate surface area is 236 Å². The van der Waals surface area contributed by atoms with Crippen LogP contribution in [0.4, 0.5) is 0 Å². The molecule has 3 aliphatic rings. The van der Waals surface area contributed by atoms with Crippen molar-refractivity contribution < 1.29 is 33.4 Å². The third-order valence-electron chi connectivity index (χ3n) is 7.62. The Morgan fingerprint density at radius 1 is 0.902 bits per heavy atom. The van der Waals surface area contributed by atoms with Gasteiger partial charge in [-0.3, -0.25) is 19.3 Å². The Kier molecular flexibility index (Phi) is 6.98. The van der Waals surface area contributed by atoms with E-state index >= 15 is 0 Å². The summed E-state index contributed by atoms with van der Waals surface area (Å²) in [5.41, 5.74) is 2.10. The van der Waals surface area contributed by atoms with E-state index < -0.39 is 47.6 Å². The zero-order chi connectivity index (χ0) is 28.6. The molecule has 2 saturated heterocycles. The minimum absolute atomic E-state index is 0.0133. The van der Waals surface area contributed by atoms with Crippen LogP contribution in [0.15, 0.2) is 91.0 Å². The number of esters is 1. The molecule has 0 N–H and O–H groups in total. The molecular weight excluding hydrogens is 524 g/mol. The SMILES string of the molecule is CC1(C(C(=O)OCc2ccccc2)N2C(=O)[C@@H](N3C(=O)c4ccccc4C3=O)[C@H]2/C=C/c2ccccc2)OCCO1. The topological polar surface area (TPSA) is 102 Å². The van der Waals surface area contributed by atoms with Gasteiger partial charge in [0.15, 0.2) is 11.8 Å². The van der Waals surface area contributed by atoms with Crippen LogP contribution in [-0.4, -0.2) is 70.6 Å². The predicted octanol–water partition coefficient (Wildman–Crippen LogP) is 3.45. The molecule has 6 rings (SSSR count). The first-order chi connectivity index (χ1) is 19.9. The molecule has 3 aromatic rings. The fourth-order valence-corrected chi connectivity index (χ4v) is 5.59. The summed E-state index contributed by atoms with van der Waals surface area (Å²) in [5, 5.41) is 0. The van der Waals surface area contributed by atoms with Gasteiger partial charge in [-0.25, -0.2) is 4.79 Å². The van der Waals surface area contributed by atoms with E-state index in [1.807, 2.05) is 60.7 Å². The predicted molar refractivity (Wildman–Crippen MR) is 147 cm³/mol. The molecule has 0 spiro atoms. The monoisotopic (exact) mass is 552 g/mol. The van der Waals surface area contributed by atoms with E-state index in [0.29, 0.717) is 0 Å². The fourth-order valence-electron chi connectivity index (χ4n) is 5.59. The maximum Gasteiger partial charge on any atom is 0.334 e. The molecule has 9 heteroatoms. The van der Waals surface area contributed by atoms with Gasteiger partial charge in [-0.1, -0.05) is 84.9 Å². The third-order valence-corrected chi connectivity index (χ3v) is 7.62. The van der Waals surface area contributed by atoms with E-state index in [4.69, 9.17) is 14.2 Å². The van der Waals surface area contributed by atoms with Crippen LogP contribution in [0.3, 0.4) is 0 Å². The largest absolute Gasteiger partial charge is 0.459 e. The number of carbonyl (C=O) groups is 4. The zero-order valence-corrected chi connectivity index (χ0v) is 22.3. The fraction of sp³-hybridized carbons (Fsp3) is 0.250. The van der Waals surface area contributed by atoms with E-state index in [-0.39, 0.29) is 30.9 Å². The van der Waals surface area contributed by atoms with Gasteiger partial charge in [0.05, 0.1) is 30.4 Å². The zero-order valence-electron chi connectivity index (χ0n) is 22.3. The quantitative estimate of drug-likeness (QED) is 0.240. The molecule has 3 aromatic carbocycles. The molecule has 3 aliphatic heterocycles. The summed E-state index contributed by atoms with van der Waals surface area (Å²) in [7, 11) is 0. The lowest BCUT2D eigenvalue weighted by atomic mass is 9.87. The van der Waals surface area contributed by atoms with Gasteiger partial charge in [-0.05, 0) is 30.2 Å². The molecule has 0 bridgehead atoms. The van der Waals surface area contributed by atoms with Crippen LogP contribution in [0.1, 0.15) is 38.8 Å². The highest BCUT2D eigenvalue weighted by Crippen LogP contribution is 2.39. The summed E-state index contributed by atoms with van der Waals surface area (Å²) in [6, 6.07) is 21.7. The number of fused-ring (bicyclic) bond motifs is 1. The second kappa shape index (κ2) is 10.8. The Morgan fingerprint density at radius 2 is 1.46 bits per heavy atom. The number of benzene rings is 3. The second-order valence-corrected chi connectivity index (χ2v) is 10.2. The number of likely N-dealkylation sites (tertiary alicyclic amines) is 1. The molecule has 0 saturated carbocycles. The van der Waals surface area contributed by atoms with Gasteiger partial charge in [0.25, 0.3) is 11.8 Å². The number of hydrogen-bond donors (Lipinski definition) is 0. The van der Waals surface area contributed by atoms with Crippen LogP contribution < -0.4 is 0 Å². The molecule has 3 atom stereocenters. The molecule has 41 heavy (non-hydrogen) atoms. The maximum absolute atomic E-state index is 14.0. The Morgan fingerprint density at radius 3 is 2.07 bits per heavy atom. The van der Waals surface area contributed by atoms with Crippen LogP contribution in [-0.2, 0) is 30.4 Å². The van der Waals surface area contributed by atoms with Crippen LogP contribution in [0.5, 0.6) is 0 Å². The first kappa shape index (κ1) is 26.6. The number of ether oxygens (including phenoxy) is 3. The Balaban J connectivity index is 1.36. The standard InChI is InChI=1S/C32H28N2O7/c1-32(40-18-19-41-32)27(31(38)39-20-22-12-6-3-7-13-22)33-25(17-16-21-10-4-2-5-11-21)26(30(33)37)34-28(35)23-14-8-9-15-24(23)29(34)36/h2-17,25-27H,18-20H2,1H3/b17-16+/t25-,26+,27?/m1/s1. The average molecular weight is 553 g/mol. The summed E-state index contributed by atoms with van der Waals surface area (Å²) in [6.45, 7) is 2.04. The van der Waals surface area contributed by atoms with E-state index in [1.165, 1.54) is 4.90 Å². The van der Waals surface area contributed by atoms with E-state index in [1.54, 1.807) is 43.3 Å². The molecule has 3 amide bonds. The second-order valence-electron chi connectivity index (χ2n) is 10.2. The highest BCUT2D eigenvalue weighted by molar-refractivity contribution is 6.23. The lowest BCUT2D eigenvalue weighted by molar-refractivity contribution is -0.221. The van der Waals surface area contributed by atoms with Crippen molar-refractivity contribution in [3.8, 4) is 0 Å². The third kappa shape index (κ3) is 4.73. The number of imide groups is 1. The number of nitrogens with zero attached hydrogens (tertiary/aromatic N) is 2. The van der Waals surface area contributed by atoms with Crippen molar-refractivity contribution in [2.45, 2.75) is 37.4 Å². The van der Waals surface area contributed by atoms with Gasteiger partial charge >= 0.3 is 5.97 Å². The molecule has 3 heterocycles. The molecule has 208 valence electrons. The molecule has 0 aliphatic carbocycles. The summed E-state index contributed by atoms with van der Waals surface area (Å²) in [5.74, 6) is -3.89. The summed E-state index contributed by atoms with van der Waals surface area (Å²) < 4.78 is 17.4. The van der Waals surface area contributed by atoms with Crippen molar-refractivity contribution in [3.05, 3.63) is 113 Å². The molecule has 9 nitrogen and oxygen atoms in total. The summed E-state index contributed by atoms with van der Waals surface area (Å²) in [4.78, 5) is 56.7. The average Bonchev–Trinajstić information content (AvgIpc) is 3.55. The van der Waals surface area contributed by atoms with Gasteiger partial charge in [-0.2, -0.15) is 0 Å². The van der Waals surface area contributed by atoms with E-state index in [9.17, 15) is 19.2 Å². The van der Waals surface area contributed by atoms with Crippen molar-refractivity contribution in [2.24, 2.45) is 0 Å². The van der Waals surface area contributed by atoms with Gasteiger partial charge < -0.3 is 19.1 Å². The van der Waals surface area contributed by atoms with Crippen LogP contribution in [0, 0.1) is 0 Å². The summed E-state index contributed by atoms with van der Waals surface area (Å²) >= 11 is 0. The normalized spacial score (nSPS) is 22.1. The number of carbonyl (C=O) groups excluding carboxylic acids is 4. The van der Waals surface area contributed by atoms with Crippen molar-refractivity contribution in [2.75, 3.05) is 13.2 Å². The lowest BCUT2D eigenvalue weighted by Gasteiger charge is -2.53. The lowest BCUT2D eigenvalue weighted by Crippen LogP contribution is -2.77. The van der Waals surface area contributed by atoms with Crippen LogP contribution >= 0.6 is 0 Å². The van der Waals surface area contributed by atoms with Gasteiger partial charge in [0.1, 0.15) is 12.6 Å². The maximum atomic E-state index is 14.0. The highest BCUT2D eigenvalue weighted by Gasteiger charge is 2.63. The van der Waals surface area contributed by atoms with Gasteiger partial charge in [0, 0.05) is 0 Å². The van der Waals surface area contributed by atoms with Crippen molar-refractivity contribution in [3.63, 3.8) is 0 Å². The van der Waals surface area contributed by atoms with Crippen molar-refractivity contribution >= 4 is 29.8 Å². The number of β-lactam (4-membered cyclic amide) rings is 1. The molecule has 2 fully saturated rings. The van der Waals surface area contributed by atoms with Crippen LogP contribution in [0.25, 0.3) is 6.08 Å². The van der Waals surface area contributed by atoms with Crippen molar-refractivity contribution in [1.82, 2.24) is 9.80 Å². The van der Waals surface area contributed by atoms with E-state index in [0.717, 1.165) is 16.0 Å². The molecule has 0 aromatic heterocycles. The van der Waals surface area contributed by atoms with Gasteiger partial charge in [0.2, 0.25) is 5.91 Å². The first-order valence-corrected chi connectivity index (χ1v) is 13.4. The van der Waals surface area contributed by atoms with Crippen LogP contribution in [0.2, 0.25) is 0 Å². The minimum Gasteiger partial charge on any atom is -0.459 e. The molecular formula is C32H28N2O7. The summed E-state index contributed by atoms with van der Waals surface area (Å²) in [6.07, 6.45) is 3.51.